The lowest BCUT2D eigenvalue weighted by Crippen LogP contribution is -2.42. The second kappa shape index (κ2) is 9.68. The number of carbonyl (C=O) groups is 2. The molecule has 2 aromatic heterocycles. The number of amides is 2. The highest BCUT2D eigenvalue weighted by atomic mass is 16.2. The van der Waals surface area contributed by atoms with Crippen LogP contribution in [-0.2, 0) is 4.79 Å². The molecular formula is C26H27N7O2. The number of pyridine rings is 2. The molecule has 178 valence electrons. The number of nitriles is 1. The van der Waals surface area contributed by atoms with Gasteiger partial charge in [0.15, 0.2) is 0 Å². The first-order valence-corrected chi connectivity index (χ1v) is 11.9. The Morgan fingerprint density at radius 2 is 1.94 bits per heavy atom. The number of likely N-dealkylation sites (tertiary alicyclic amines) is 2. The molecule has 0 bridgehead atoms. The standard InChI is InChI=1S/C26H27N7O2/c27-14-19-2-1-12-33(19)24(34)16-32-13-9-18(15-32)30-23-6-4-21(26(28)35)25-20(23)3-5-22(31-25)17-7-10-29-11-8-17/h3-8,10-11,18-19,30H,1-2,9,12-13,15-16H2,(H2,28,35)/t18-,19-/m0/s1. The minimum absolute atomic E-state index is 0.0267. The number of nitrogens with two attached hydrogens (primary N) is 1. The van der Waals surface area contributed by atoms with Crippen molar-refractivity contribution in [2.75, 3.05) is 31.5 Å². The Balaban J connectivity index is 1.33. The van der Waals surface area contributed by atoms with Crippen LogP contribution in [0.4, 0.5) is 5.69 Å². The number of primary amides is 1. The van der Waals surface area contributed by atoms with E-state index in [1.165, 1.54) is 0 Å². The SMILES string of the molecule is N#C[C@@H]1CCCN1C(=O)CN1CC[C@H](Nc2ccc(C(N)=O)c3nc(-c4ccncc4)ccc23)C1. The molecule has 1 aromatic carbocycles. The summed E-state index contributed by atoms with van der Waals surface area (Å²) in [6.07, 6.45) is 5.94. The average molecular weight is 470 g/mol. The Hall–Kier alpha value is -4.03. The third-order valence-corrected chi connectivity index (χ3v) is 6.81. The molecule has 2 saturated heterocycles. The van der Waals surface area contributed by atoms with Crippen LogP contribution in [0.2, 0.25) is 0 Å². The number of fused-ring (bicyclic) bond motifs is 1. The van der Waals surface area contributed by atoms with E-state index in [0.717, 1.165) is 54.7 Å². The number of nitrogens with zero attached hydrogens (tertiary/aromatic N) is 5. The van der Waals surface area contributed by atoms with Crippen LogP contribution in [0, 0.1) is 11.3 Å². The van der Waals surface area contributed by atoms with Crippen LogP contribution in [0.25, 0.3) is 22.2 Å². The number of rotatable bonds is 6. The van der Waals surface area contributed by atoms with E-state index in [1.807, 2.05) is 30.3 Å². The average Bonchev–Trinajstić information content (AvgIpc) is 3.53. The van der Waals surface area contributed by atoms with Gasteiger partial charge in [-0.3, -0.25) is 19.5 Å². The number of benzene rings is 1. The second-order valence-corrected chi connectivity index (χ2v) is 9.09. The smallest absolute Gasteiger partial charge is 0.250 e. The van der Waals surface area contributed by atoms with Crippen LogP contribution < -0.4 is 11.1 Å². The summed E-state index contributed by atoms with van der Waals surface area (Å²) in [6.45, 7) is 2.52. The molecular weight excluding hydrogens is 442 g/mol. The highest BCUT2D eigenvalue weighted by Gasteiger charge is 2.31. The third-order valence-electron chi connectivity index (χ3n) is 6.81. The zero-order valence-corrected chi connectivity index (χ0v) is 19.4. The molecule has 4 heterocycles. The lowest BCUT2D eigenvalue weighted by Gasteiger charge is -2.23. The van der Waals surface area contributed by atoms with Crippen molar-refractivity contribution in [3.63, 3.8) is 0 Å². The van der Waals surface area contributed by atoms with Gasteiger partial charge in [0.2, 0.25) is 5.91 Å². The Morgan fingerprint density at radius 3 is 2.71 bits per heavy atom. The Labute approximate surface area is 203 Å². The van der Waals surface area contributed by atoms with E-state index in [9.17, 15) is 14.9 Å². The zero-order valence-electron chi connectivity index (χ0n) is 19.4. The number of anilines is 1. The molecule has 2 amide bonds. The van der Waals surface area contributed by atoms with Gasteiger partial charge in [0, 0.05) is 54.7 Å². The fourth-order valence-corrected chi connectivity index (χ4v) is 5.02. The first-order valence-electron chi connectivity index (χ1n) is 11.9. The number of hydrogen-bond acceptors (Lipinski definition) is 7. The van der Waals surface area contributed by atoms with E-state index >= 15 is 0 Å². The molecule has 0 unspecified atom stereocenters. The predicted octanol–water partition coefficient (Wildman–Crippen LogP) is 2.40. The van der Waals surface area contributed by atoms with E-state index < -0.39 is 5.91 Å². The van der Waals surface area contributed by atoms with E-state index in [-0.39, 0.29) is 18.0 Å². The quantitative estimate of drug-likeness (QED) is 0.567. The van der Waals surface area contributed by atoms with Gasteiger partial charge in [-0.2, -0.15) is 5.26 Å². The molecule has 2 atom stereocenters. The summed E-state index contributed by atoms with van der Waals surface area (Å²) in [5.74, 6) is -0.497. The van der Waals surface area contributed by atoms with Crippen molar-refractivity contribution in [2.45, 2.75) is 31.3 Å². The van der Waals surface area contributed by atoms with E-state index in [0.29, 0.717) is 24.2 Å². The molecule has 2 fully saturated rings. The molecule has 0 radical (unpaired) electrons. The predicted molar refractivity (Wildman–Crippen MR) is 132 cm³/mol. The number of aromatic nitrogens is 2. The first kappa shape index (κ1) is 22.7. The monoisotopic (exact) mass is 469 g/mol. The molecule has 2 aliphatic heterocycles. The van der Waals surface area contributed by atoms with Crippen LogP contribution in [0.1, 0.15) is 29.6 Å². The van der Waals surface area contributed by atoms with Crippen LogP contribution >= 0.6 is 0 Å². The number of carbonyl (C=O) groups excluding carboxylic acids is 2. The van der Waals surface area contributed by atoms with Crippen molar-refractivity contribution in [2.24, 2.45) is 5.73 Å². The van der Waals surface area contributed by atoms with Gasteiger partial charge in [-0.15, -0.1) is 0 Å². The van der Waals surface area contributed by atoms with E-state index in [4.69, 9.17) is 10.7 Å². The summed E-state index contributed by atoms with van der Waals surface area (Å²) in [5.41, 5.74) is 9.09. The highest BCUT2D eigenvalue weighted by molar-refractivity contribution is 6.08. The summed E-state index contributed by atoms with van der Waals surface area (Å²) >= 11 is 0. The van der Waals surface area contributed by atoms with Crippen molar-refractivity contribution in [3.05, 3.63) is 54.4 Å². The molecule has 0 spiro atoms. The van der Waals surface area contributed by atoms with Gasteiger partial charge in [-0.1, -0.05) is 0 Å². The zero-order chi connectivity index (χ0) is 24.4. The summed E-state index contributed by atoms with van der Waals surface area (Å²) < 4.78 is 0. The normalized spacial score (nSPS) is 20.1. The van der Waals surface area contributed by atoms with Crippen LogP contribution in [-0.4, -0.2) is 69.8 Å². The Bertz CT molecular complexity index is 1300. The molecule has 0 saturated carbocycles. The van der Waals surface area contributed by atoms with Crippen molar-refractivity contribution in [1.82, 2.24) is 19.8 Å². The molecule has 9 nitrogen and oxygen atoms in total. The van der Waals surface area contributed by atoms with Gasteiger partial charge < -0.3 is 16.0 Å². The summed E-state index contributed by atoms with van der Waals surface area (Å²) in [5, 5.41) is 13.7. The Kier molecular flexibility index (Phi) is 6.29. The first-order chi connectivity index (χ1) is 17.0. The largest absolute Gasteiger partial charge is 0.380 e. The molecule has 9 heteroatoms. The van der Waals surface area contributed by atoms with Gasteiger partial charge in [0.05, 0.1) is 29.4 Å². The number of nitrogens with one attached hydrogen (secondary N) is 1. The lowest BCUT2D eigenvalue weighted by molar-refractivity contribution is -0.132. The van der Waals surface area contributed by atoms with Crippen LogP contribution in [0.15, 0.2) is 48.8 Å². The maximum Gasteiger partial charge on any atom is 0.250 e. The Morgan fingerprint density at radius 1 is 1.11 bits per heavy atom. The maximum atomic E-state index is 12.7. The van der Waals surface area contributed by atoms with Crippen LogP contribution in [0.5, 0.6) is 0 Å². The lowest BCUT2D eigenvalue weighted by atomic mass is 10.0. The molecule has 5 rings (SSSR count). The van der Waals surface area contributed by atoms with E-state index in [1.54, 1.807) is 23.4 Å². The van der Waals surface area contributed by atoms with Crippen molar-refractivity contribution in [1.29, 1.82) is 5.26 Å². The fraction of sp³-hybridized carbons (Fsp3) is 0.346. The van der Waals surface area contributed by atoms with Gasteiger partial charge >= 0.3 is 0 Å². The fourth-order valence-electron chi connectivity index (χ4n) is 5.02. The molecule has 35 heavy (non-hydrogen) atoms. The molecule has 0 aliphatic carbocycles. The summed E-state index contributed by atoms with van der Waals surface area (Å²) in [4.78, 5) is 37.5. The summed E-state index contributed by atoms with van der Waals surface area (Å²) in [6, 6.07) is 13.3. The van der Waals surface area contributed by atoms with Gasteiger partial charge in [0.25, 0.3) is 5.91 Å². The van der Waals surface area contributed by atoms with Gasteiger partial charge in [-0.05, 0) is 55.7 Å². The van der Waals surface area contributed by atoms with E-state index in [2.05, 4.69) is 21.3 Å². The van der Waals surface area contributed by atoms with Crippen LogP contribution in [0.3, 0.4) is 0 Å². The minimum atomic E-state index is -0.524. The third kappa shape index (κ3) is 4.66. The van der Waals surface area contributed by atoms with Gasteiger partial charge in [0.1, 0.15) is 6.04 Å². The molecule has 2 aliphatic rings. The summed E-state index contributed by atoms with van der Waals surface area (Å²) in [7, 11) is 0. The maximum absolute atomic E-state index is 12.7. The second-order valence-electron chi connectivity index (χ2n) is 9.09. The van der Waals surface area contributed by atoms with Crippen molar-refractivity contribution < 1.29 is 9.59 Å². The van der Waals surface area contributed by atoms with Gasteiger partial charge in [-0.25, -0.2) is 4.98 Å². The molecule has 3 N–H and O–H groups in total. The van der Waals surface area contributed by atoms with Crippen molar-refractivity contribution >= 4 is 28.4 Å². The van der Waals surface area contributed by atoms with Crippen molar-refractivity contribution in [3.8, 4) is 17.3 Å². The number of hydrogen-bond donors (Lipinski definition) is 2. The topological polar surface area (TPSA) is 128 Å². The minimum Gasteiger partial charge on any atom is -0.380 e. The molecule has 3 aromatic rings. The highest BCUT2D eigenvalue weighted by Crippen LogP contribution is 2.30.